The molecule has 1 aliphatic rings. The van der Waals surface area contributed by atoms with E-state index in [0.717, 1.165) is 23.8 Å². The van der Waals surface area contributed by atoms with Crippen LogP contribution >= 0.6 is 23.7 Å². The van der Waals surface area contributed by atoms with Gasteiger partial charge in [0.05, 0.1) is 0 Å². The lowest BCUT2D eigenvalue weighted by molar-refractivity contribution is -0.125. The minimum Gasteiger partial charge on any atom is -0.345 e. The number of halogens is 1. The van der Waals surface area contributed by atoms with Crippen molar-refractivity contribution >= 4 is 34.8 Å². The van der Waals surface area contributed by atoms with Crippen molar-refractivity contribution in [3.63, 3.8) is 0 Å². The molecule has 0 saturated carbocycles. The molecule has 1 fully saturated rings. The van der Waals surface area contributed by atoms with E-state index in [-0.39, 0.29) is 18.3 Å². The van der Waals surface area contributed by atoms with Crippen LogP contribution < -0.4 is 4.90 Å². The fraction of sp³-hybridized carbons (Fsp3) is 0.294. The number of benzene rings is 1. The number of nitrogens with zero attached hydrogens (tertiary/aromatic N) is 3. The Morgan fingerprint density at radius 1 is 1.17 bits per heavy atom. The first-order valence-electron chi connectivity index (χ1n) is 7.24. The Hall–Kier alpha value is -2.03. The van der Waals surface area contributed by atoms with Crippen LogP contribution in [0, 0.1) is 18.8 Å². The zero-order valence-corrected chi connectivity index (χ0v) is 14.5. The van der Waals surface area contributed by atoms with Crippen LogP contribution in [-0.4, -0.2) is 42.0 Å². The standard InChI is InChI=1S/C17H17N3OS.ClH/c1-14-2-4-15(5-3-14)6-7-16(21)19-9-11-20(12-10-19)17-18-8-13-22-17;/h2-5,8,13H,9-12H2,1H3;1H. The third kappa shape index (κ3) is 4.47. The van der Waals surface area contributed by atoms with E-state index in [1.807, 2.05) is 47.7 Å². The molecule has 2 aromatic rings. The molecule has 1 aromatic carbocycles. The fourth-order valence-corrected chi connectivity index (χ4v) is 3.01. The van der Waals surface area contributed by atoms with Crippen molar-refractivity contribution in [3.05, 3.63) is 47.0 Å². The number of piperazine rings is 1. The van der Waals surface area contributed by atoms with Crippen molar-refractivity contribution in [2.75, 3.05) is 31.1 Å². The van der Waals surface area contributed by atoms with Gasteiger partial charge < -0.3 is 9.80 Å². The summed E-state index contributed by atoms with van der Waals surface area (Å²) >= 11 is 1.63. The van der Waals surface area contributed by atoms with Gasteiger partial charge in [0.1, 0.15) is 0 Å². The van der Waals surface area contributed by atoms with Gasteiger partial charge in [0.15, 0.2) is 5.13 Å². The van der Waals surface area contributed by atoms with Crippen molar-refractivity contribution < 1.29 is 4.79 Å². The predicted molar refractivity (Wildman–Crippen MR) is 96.2 cm³/mol. The van der Waals surface area contributed by atoms with E-state index in [0.29, 0.717) is 13.1 Å². The topological polar surface area (TPSA) is 36.4 Å². The second kappa shape index (κ2) is 8.00. The molecule has 0 aliphatic carbocycles. The first-order valence-corrected chi connectivity index (χ1v) is 8.12. The lowest BCUT2D eigenvalue weighted by atomic mass is 10.1. The molecule has 0 unspecified atom stereocenters. The Labute approximate surface area is 146 Å². The third-order valence-corrected chi connectivity index (χ3v) is 4.45. The molecule has 4 nitrogen and oxygen atoms in total. The molecular weight excluding hydrogens is 330 g/mol. The van der Waals surface area contributed by atoms with Crippen molar-refractivity contribution in [1.82, 2.24) is 9.88 Å². The van der Waals surface area contributed by atoms with E-state index >= 15 is 0 Å². The smallest absolute Gasteiger partial charge is 0.298 e. The monoisotopic (exact) mass is 347 g/mol. The Morgan fingerprint density at radius 3 is 2.48 bits per heavy atom. The number of aromatic nitrogens is 1. The van der Waals surface area contributed by atoms with E-state index < -0.39 is 0 Å². The molecule has 0 spiro atoms. The predicted octanol–water partition coefficient (Wildman–Crippen LogP) is 2.57. The molecule has 1 saturated heterocycles. The summed E-state index contributed by atoms with van der Waals surface area (Å²) in [5.41, 5.74) is 2.07. The van der Waals surface area contributed by atoms with E-state index in [4.69, 9.17) is 0 Å². The van der Waals surface area contributed by atoms with Crippen LogP contribution in [0.25, 0.3) is 0 Å². The Bertz CT molecular complexity index is 696. The van der Waals surface area contributed by atoms with Crippen LogP contribution in [0.2, 0.25) is 0 Å². The molecule has 3 rings (SSSR count). The van der Waals surface area contributed by atoms with Crippen molar-refractivity contribution in [3.8, 4) is 11.8 Å². The van der Waals surface area contributed by atoms with Crippen LogP contribution in [0.4, 0.5) is 5.13 Å². The molecule has 0 atom stereocenters. The third-order valence-electron chi connectivity index (χ3n) is 3.62. The average Bonchev–Trinajstić information content (AvgIpc) is 3.09. The maximum absolute atomic E-state index is 12.2. The second-order valence-electron chi connectivity index (χ2n) is 5.21. The quantitative estimate of drug-likeness (QED) is 0.744. The Kier molecular flexibility index (Phi) is 6.03. The molecule has 120 valence electrons. The average molecular weight is 348 g/mol. The van der Waals surface area contributed by atoms with Crippen LogP contribution in [0.1, 0.15) is 11.1 Å². The van der Waals surface area contributed by atoms with E-state index in [2.05, 4.69) is 21.7 Å². The van der Waals surface area contributed by atoms with Crippen LogP contribution in [-0.2, 0) is 4.79 Å². The molecule has 1 amide bonds. The molecule has 1 aromatic heterocycles. The van der Waals surface area contributed by atoms with Gasteiger partial charge in [-0.1, -0.05) is 23.6 Å². The van der Waals surface area contributed by atoms with Gasteiger partial charge in [-0.2, -0.15) is 0 Å². The molecule has 6 heteroatoms. The molecule has 0 N–H and O–H groups in total. The van der Waals surface area contributed by atoms with Crippen LogP contribution in [0.3, 0.4) is 0 Å². The number of thiazole rings is 1. The summed E-state index contributed by atoms with van der Waals surface area (Å²) in [6.45, 7) is 5.04. The van der Waals surface area contributed by atoms with E-state index in [1.165, 1.54) is 5.56 Å². The zero-order chi connectivity index (χ0) is 15.4. The summed E-state index contributed by atoms with van der Waals surface area (Å²) in [7, 11) is 0. The summed E-state index contributed by atoms with van der Waals surface area (Å²) in [6, 6.07) is 7.88. The molecule has 23 heavy (non-hydrogen) atoms. The minimum absolute atomic E-state index is 0. The van der Waals surface area contributed by atoms with Crippen LogP contribution in [0.5, 0.6) is 0 Å². The number of amides is 1. The second-order valence-corrected chi connectivity index (χ2v) is 6.08. The highest BCUT2D eigenvalue weighted by atomic mass is 35.5. The van der Waals surface area contributed by atoms with Gasteiger partial charge in [0, 0.05) is 49.2 Å². The summed E-state index contributed by atoms with van der Waals surface area (Å²) in [4.78, 5) is 20.5. The lowest BCUT2D eigenvalue weighted by Gasteiger charge is -2.33. The van der Waals surface area contributed by atoms with Gasteiger partial charge in [-0.15, -0.1) is 23.7 Å². The van der Waals surface area contributed by atoms with E-state index in [1.54, 1.807) is 11.3 Å². The maximum Gasteiger partial charge on any atom is 0.298 e. The highest BCUT2D eigenvalue weighted by Crippen LogP contribution is 2.18. The molecule has 1 aliphatic heterocycles. The number of hydrogen-bond donors (Lipinski definition) is 0. The fourth-order valence-electron chi connectivity index (χ4n) is 2.31. The number of anilines is 1. The van der Waals surface area contributed by atoms with Gasteiger partial charge in [-0.05, 0) is 19.1 Å². The first kappa shape index (κ1) is 17.3. The first-order chi connectivity index (χ1) is 10.7. The summed E-state index contributed by atoms with van der Waals surface area (Å²) < 4.78 is 0. The lowest BCUT2D eigenvalue weighted by Crippen LogP contribution is -2.48. The van der Waals surface area contributed by atoms with Gasteiger partial charge >= 0.3 is 0 Å². The number of hydrogen-bond acceptors (Lipinski definition) is 4. The SMILES string of the molecule is Cc1ccc(C#CC(=O)N2CCN(c3nccs3)CC2)cc1.Cl. The Morgan fingerprint density at radius 2 is 1.87 bits per heavy atom. The van der Waals surface area contributed by atoms with E-state index in [9.17, 15) is 4.79 Å². The van der Waals surface area contributed by atoms with Gasteiger partial charge in [-0.25, -0.2) is 4.98 Å². The van der Waals surface area contributed by atoms with Crippen molar-refractivity contribution in [2.45, 2.75) is 6.92 Å². The van der Waals surface area contributed by atoms with Gasteiger partial charge in [-0.3, -0.25) is 4.79 Å². The highest BCUT2D eigenvalue weighted by Gasteiger charge is 2.21. The minimum atomic E-state index is -0.0978. The number of carbonyl (C=O) groups is 1. The van der Waals surface area contributed by atoms with Crippen molar-refractivity contribution in [1.29, 1.82) is 0 Å². The maximum atomic E-state index is 12.2. The molecule has 2 heterocycles. The highest BCUT2D eigenvalue weighted by molar-refractivity contribution is 7.13. The normalized spacial score (nSPS) is 13.8. The molecular formula is C17H18ClN3OS. The zero-order valence-electron chi connectivity index (χ0n) is 12.9. The van der Waals surface area contributed by atoms with Crippen LogP contribution in [0.15, 0.2) is 35.8 Å². The molecule has 0 bridgehead atoms. The number of aryl methyl sites for hydroxylation is 1. The Balaban J connectivity index is 0.00000192. The number of carbonyl (C=O) groups excluding carboxylic acids is 1. The van der Waals surface area contributed by atoms with Crippen molar-refractivity contribution in [2.24, 2.45) is 0 Å². The summed E-state index contributed by atoms with van der Waals surface area (Å²) in [6.07, 6.45) is 1.81. The number of rotatable bonds is 1. The summed E-state index contributed by atoms with van der Waals surface area (Å²) in [5.74, 6) is 5.59. The molecule has 0 radical (unpaired) electrons. The largest absolute Gasteiger partial charge is 0.345 e. The summed E-state index contributed by atoms with van der Waals surface area (Å²) in [5, 5.41) is 3.00. The van der Waals surface area contributed by atoms with Gasteiger partial charge in [0.2, 0.25) is 0 Å². The van der Waals surface area contributed by atoms with Gasteiger partial charge in [0.25, 0.3) is 5.91 Å².